The van der Waals surface area contributed by atoms with E-state index in [4.69, 9.17) is 10.3 Å². The molecule has 2 rings (SSSR count). The molecule has 0 unspecified atom stereocenters. The van der Waals surface area contributed by atoms with Crippen LogP contribution in [0.25, 0.3) is 0 Å². The second kappa shape index (κ2) is 6.23. The predicted octanol–water partition coefficient (Wildman–Crippen LogP) is -0.0558. The summed E-state index contributed by atoms with van der Waals surface area (Å²) >= 11 is 0. The Bertz CT molecular complexity index is 691. The standard InChI is InChI=1S/C13H17N5O3/c1-3-17(2)10-6-11(19)18(15-7-10)8-9-4-5-21-12(9)13(20)16-14/h4-7H,3,8,14H2,1-2H3,(H,16,20). The molecule has 0 fully saturated rings. The van der Waals surface area contributed by atoms with E-state index in [1.165, 1.54) is 17.0 Å². The summed E-state index contributed by atoms with van der Waals surface area (Å²) in [5, 5.41) is 4.11. The molecule has 2 aromatic heterocycles. The average Bonchev–Trinajstić information content (AvgIpc) is 2.95. The monoisotopic (exact) mass is 291 g/mol. The van der Waals surface area contributed by atoms with Gasteiger partial charge in [-0.25, -0.2) is 10.5 Å². The van der Waals surface area contributed by atoms with Crippen LogP contribution in [0.2, 0.25) is 0 Å². The summed E-state index contributed by atoms with van der Waals surface area (Å²) in [6, 6.07) is 3.10. The van der Waals surface area contributed by atoms with Gasteiger partial charge in [0.15, 0.2) is 5.76 Å². The summed E-state index contributed by atoms with van der Waals surface area (Å²) in [7, 11) is 1.88. The van der Waals surface area contributed by atoms with Gasteiger partial charge in [-0.3, -0.25) is 15.0 Å². The molecular weight excluding hydrogens is 274 g/mol. The van der Waals surface area contributed by atoms with Crippen molar-refractivity contribution in [2.75, 3.05) is 18.5 Å². The fourth-order valence-corrected chi connectivity index (χ4v) is 1.82. The van der Waals surface area contributed by atoms with Crippen molar-refractivity contribution < 1.29 is 9.21 Å². The Balaban J connectivity index is 2.27. The third-order valence-electron chi connectivity index (χ3n) is 3.17. The number of anilines is 1. The van der Waals surface area contributed by atoms with Crippen LogP contribution in [0.1, 0.15) is 23.0 Å². The highest BCUT2D eigenvalue weighted by Gasteiger charge is 2.15. The molecule has 2 aromatic rings. The first-order chi connectivity index (χ1) is 10.1. The number of nitrogen functional groups attached to an aromatic ring is 1. The van der Waals surface area contributed by atoms with E-state index in [2.05, 4.69) is 5.10 Å². The molecule has 0 aliphatic carbocycles. The van der Waals surface area contributed by atoms with Gasteiger partial charge in [-0.2, -0.15) is 5.10 Å². The van der Waals surface area contributed by atoms with Gasteiger partial charge in [0.05, 0.1) is 24.7 Å². The summed E-state index contributed by atoms with van der Waals surface area (Å²) in [6.45, 7) is 2.89. The van der Waals surface area contributed by atoms with Crippen LogP contribution in [0.4, 0.5) is 5.69 Å². The third kappa shape index (κ3) is 3.11. The molecular formula is C13H17N5O3. The van der Waals surface area contributed by atoms with Gasteiger partial charge in [0.2, 0.25) is 0 Å². The van der Waals surface area contributed by atoms with Crippen LogP contribution in [0.3, 0.4) is 0 Å². The van der Waals surface area contributed by atoms with Crippen LogP contribution >= 0.6 is 0 Å². The van der Waals surface area contributed by atoms with E-state index in [1.807, 2.05) is 24.3 Å². The van der Waals surface area contributed by atoms with Crippen LogP contribution in [-0.4, -0.2) is 29.3 Å². The molecule has 0 radical (unpaired) electrons. The molecule has 8 nitrogen and oxygen atoms in total. The fraction of sp³-hybridized carbons (Fsp3) is 0.308. The Labute approximate surface area is 121 Å². The molecule has 2 heterocycles. The van der Waals surface area contributed by atoms with E-state index >= 15 is 0 Å². The summed E-state index contributed by atoms with van der Waals surface area (Å²) in [5.41, 5.74) is 3.01. The van der Waals surface area contributed by atoms with Crippen molar-refractivity contribution in [3.8, 4) is 0 Å². The maximum atomic E-state index is 12.1. The molecule has 21 heavy (non-hydrogen) atoms. The minimum Gasteiger partial charge on any atom is -0.459 e. The molecule has 1 amide bonds. The Morgan fingerprint density at radius 2 is 2.33 bits per heavy atom. The number of furan rings is 1. The van der Waals surface area contributed by atoms with E-state index in [-0.39, 0.29) is 17.9 Å². The largest absolute Gasteiger partial charge is 0.459 e. The Kier molecular flexibility index (Phi) is 4.39. The van der Waals surface area contributed by atoms with Gasteiger partial charge in [0.1, 0.15) is 0 Å². The quantitative estimate of drug-likeness (QED) is 0.454. The van der Waals surface area contributed by atoms with Gasteiger partial charge in [-0.15, -0.1) is 0 Å². The zero-order valence-corrected chi connectivity index (χ0v) is 11.9. The topological polar surface area (TPSA) is 106 Å². The molecule has 112 valence electrons. The summed E-state index contributed by atoms with van der Waals surface area (Å²) in [4.78, 5) is 25.5. The summed E-state index contributed by atoms with van der Waals surface area (Å²) in [6.07, 6.45) is 2.97. The molecule has 0 saturated carbocycles. The van der Waals surface area contributed by atoms with Crippen LogP contribution < -0.4 is 21.7 Å². The average molecular weight is 291 g/mol. The molecule has 0 atom stereocenters. The normalized spacial score (nSPS) is 10.4. The lowest BCUT2D eigenvalue weighted by Gasteiger charge is -2.16. The number of hydrazine groups is 1. The number of carbonyl (C=O) groups excluding carboxylic acids is 1. The molecule has 8 heteroatoms. The van der Waals surface area contributed by atoms with E-state index in [0.29, 0.717) is 5.56 Å². The predicted molar refractivity (Wildman–Crippen MR) is 76.9 cm³/mol. The lowest BCUT2D eigenvalue weighted by atomic mass is 10.2. The first kappa shape index (κ1) is 14.8. The second-order valence-electron chi connectivity index (χ2n) is 4.47. The van der Waals surface area contributed by atoms with Gasteiger partial charge in [0.25, 0.3) is 5.56 Å². The first-order valence-corrected chi connectivity index (χ1v) is 6.42. The zero-order valence-electron chi connectivity index (χ0n) is 11.9. The number of nitrogens with one attached hydrogen (secondary N) is 1. The first-order valence-electron chi connectivity index (χ1n) is 6.42. The minimum atomic E-state index is -0.551. The third-order valence-corrected chi connectivity index (χ3v) is 3.17. The molecule has 3 N–H and O–H groups in total. The molecule has 0 aliphatic rings. The van der Waals surface area contributed by atoms with Crippen LogP contribution in [-0.2, 0) is 6.54 Å². The highest BCUT2D eigenvalue weighted by molar-refractivity contribution is 5.92. The SMILES string of the molecule is CCN(C)c1cnn(Cc2ccoc2C(=O)NN)c(=O)c1. The maximum absolute atomic E-state index is 12.1. The molecule has 0 spiro atoms. The Hall–Kier alpha value is -2.61. The zero-order chi connectivity index (χ0) is 15.4. The highest BCUT2D eigenvalue weighted by atomic mass is 16.3. The van der Waals surface area contributed by atoms with Crippen LogP contribution in [0, 0.1) is 0 Å². The van der Waals surface area contributed by atoms with E-state index in [9.17, 15) is 9.59 Å². The number of hydrogen-bond acceptors (Lipinski definition) is 6. The van der Waals surface area contributed by atoms with Crippen molar-refractivity contribution in [3.63, 3.8) is 0 Å². The molecule has 0 bridgehead atoms. The smallest absolute Gasteiger partial charge is 0.301 e. The number of amides is 1. The van der Waals surface area contributed by atoms with Gasteiger partial charge >= 0.3 is 5.91 Å². The van der Waals surface area contributed by atoms with Crippen LogP contribution in [0.15, 0.2) is 33.8 Å². The van der Waals surface area contributed by atoms with E-state index in [0.717, 1.165) is 12.2 Å². The number of nitrogens with two attached hydrogens (primary N) is 1. The van der Waals surface area contributed by atoms with Gasteiger partial charge < -0.3 is 9.32 Å². The number of carbonyl (C=O) groups is 1. The Morgan fingerprint density at radius 3 is 2.95 bits per heavy atom. The minimum absolute atomic E-state index is 0.0703. The summed E-state index contributed by atoms with van der Waals surface area (Å²) < 4.78 is 6.32. The molecule has 0 aliphatic heterocycles. The number of aromatic nitrogens is 2. The Morgan fingerprint density at radius 1 is 1.57 bits per heavy atom. The number of rotatable bonds is 5. The van der Waals surface area contributed by atoms with Crippen LogP contribution in [0.5, 0.6) is 0 Å². The number of nitrogens with zero attached hydrogens (tertiary/aromatic N) is 3. The number of hydrogen-bond donors (Lipinski definition) is 2. The van der Waals surface area contributed by atoms with E-state index in [1.54, 1.807) is 12.3 Å². The van der Waals surface area contributed by atoms with Gasteiger partial charge in [0, 0.05) is 25.2 Å². The van der Waals surface area contributed by atoms with Crippen molar-refractivity contribution in [3.05, 3.63) is 46.3 Å². The van der Waals surface area contributed by atoms with Crippen molar-refractivity contribution in [1.29, 1.82) is 0 Å². The maximum Gasteiger partial charge on any atom is 0.301 e. The molecule has 0 saturated heterocycles. The second-order valence-corrected chi connectivity index (χ2v) is 4.47. The van der Waals surface area contributed by atoms with Gasteiger partial charge in [-0.05, 0) is 13.0 Å². The van der Waals surface area contributed by atoms with Crippen molar-refractivity contribution in [1.82, 2.24) is 15.2 Å². The van der Waals surface area contributed by atoms with Gasteiger partial charge in [-0.1, -0.05) is 0 Å². The fourth-order valence-electron chi connectivity index (χ4n) is 1.82. The lowest BCUT2D eigenvalue weighted by molar-refractivity contribution is 0.0924. The summed E-state index contributed by atoms with van der Waals surface area (Å²) in [5.74, 6) is 4.59. The highest BCUT2D eigenvalue weighted by Crippen LogP contribution is 2.12. The van der Waals surface area contributed by atoms with Crippen molar-refractivity contribution >= 4 is 11.6 Å². The van der Waals surface area contributed by atoms with Crippen molar-refractivity contribution in [2.45, 2.75) is 13.5 Å². The molecule has 0 aromatic carbocycles. The lowest BCUT2D eigenvalue weighted by Crippen LogP contribution is -2.31. The van der Waals surface area contributed by atoms with Crippen molar-refractivity contribution in [2.24, 2.45) is 5.84 Å². The van der Waals surface area contributed by atoms with E-state index < -0.39 is 5.91 Å².